The topological polar surface area (TPSA) is 64.1 Å². The van der Waals surface area contributed by atoms with Gasteiger partial charge in [-0.25, -0.2) is 4.39 Å². The lowest BCUT2D eigenvalue weighted by atomic mass is 9.90. The lowest BCUT2D eigenvalue weighted by Crippen LogP contribution is -2.46. The quantitative estimate of drug-likeness (QED) is 0.659. The summed E-state index contributed by atoms with van der Waals surface area (Å²) >= 11 is 5.69. The molecule has 3 fully saturated rings. The Kier molecular flexibility index (Phi) is 7.17. The van der Waals surface area contributed by atoms with Gasteiger partial charge in [0, 0.05) is 45.2 Å². The minimum absolute atomic E-state index is 0.0443. The van der Waals surface area contributed by atoms with Crippen LogP contribution in [-0.2, 0) is 9.59 Å². The normalized spacial score (nSPS) is 23.7. The van der Waals surface area contributed by atoms with E-state index in [2.05, 4.69) is 4.90 Å². The Morgan fingerprint density at radius 1 is 1.19 bits per heavy atom. The van der Waals surface area contributed by atoms with Gasteiger partial charge in [0.25, 0.3) is 0 Å². The Morgan fingerprint density at radius 3 is 2.72 bits per heavy atom. The predicted octanol–water partition coefficient (Wildman–Crippen LogP) is 2.79. The van der Waals surface area contributed by atoms with Gasteiger partial charge in [0.15, 0.2) is 0 Å². The standard InChI is InChI=1S/C24H31ClFN3O3/c25-19-4-2-18(16-20(19)26)3-5-22(31)29-12-6-23(32)28(14-15-29)11-1-10-27-13-9-24(7-8-24)21(30)17-27/h2-5,16,21,30H,1,6-15,17H2. The van der Waals surface area contributed by atoms with Crippen LogP contribution < -0.4 is 0 Å². The Bertz CT molecular complexity index is 889. The fourth-order valence-electron chi connectivity index (χ4n) is 4.72. The number of piperidine rings is 1. The molecule has 32 heavy (non-hydrogen) atoms. The lowest BCUT2D eigenvalue weighted by Gasteiger charge is -2.36. The van der Waals surface area contributed by atoms with Gasteiger partial charge in [0.1, 0.15) is 5.82 Å². The second kappa shape index (κ2) is 9.89. The number of carbonyl (C=O) groups excluding carboxylic acids is 2. The van der Waals surface area contributed by atoms with Gasteiger partial charge in [-0.2, -0.15) is 0 Å². The van der Waals surface area contributed by atoms with Crippen LogP contribution in [0.1, 0.15) is 37.7 Å². The monoisotopic (exact) mass is 463 g/mol. The fourth-order valence-corrected chi connectivity index (χ4v) is 4.84. The number of benzene rings is 1. The SMILES string of the molecule is O=C(C=Cc1ccc(Cl)c(F)c1)N1CCC(=O)N(CCCN2CCC3(CC3)C(O)C2)CC1. The Morgan fingerprint density at radius 2 is 2.00 bits per heavy atom. The number of hydrogen-bond acceptors (Lipinski definition) is 4. The first kappa shape index (κ1) is 23.2. The van der Waals surface area contributed by atoms with Crippen LogP contribution in [0.4, 0.5) is 4.39 Å². The van der Waals surface area contributed by atoms with Crippen molar-refractivity contribution in [1.82, 2.24) is 14.7 Å². The molecule has 0 aromatic heterocycles. The zero-order valence-electron chi connectivity index (χ0n) is 18.3. The molecule has 8 heteroatoms. The van der Waals surface area contributed by atoms with Gasteiger partial charge in [-0.3, -0.25) is 9.59 Å². The molecule has 1 aromatic carbocycles. The van der Waals surface area contributed by atoms with Crippen LogP contribution in [0.15, 0.2) is 24.3 Å². The third-order valence-corrected chi connectivity index (χ3v) is 7.43. The van der Waals surface area contributed by atoms with Crippen molar-refractivity contribution in [2.75, 3.05) is 45.8 Å². The summed E-state index contributed by atoms with van der Waals surface area (Å²) in [6, 6.07) is 4.39. The largest absolute Gasteiger partial charge is 0.391 e. The molecule has 1 spiro atoms. The highest BCUT2D eigenvalue weighted by molar-refractivity contribution is 6.30. The van der Waals surface area contributed by atoms with E-state index >= 15 is 0 Å². The van der Waals surface area contributed by atoms with Gasteiger partial charge in [0.2, 0.25) is 11.8 Å². The number of likely N-dealkylation sites (tertiary alicyclic amines) is 1. The van der Waals surface area contributed by atoms with Gasteiger partial charge in [-0.05, 0) is 68.0 Å². The Labute approximate surface area is 193 Å². The molecule has 3 aliphatic rings. The number of aliphatic hydroxyl groups is 1. The molecular weight excluding hydrogens is 433 g/mol. The van der Waals surface area contributed by atoms with E-state index in [9.17, 15) is 19.1 Å². The van der Waals surface area contributed by atoms with Crippen LogP contribution >= 0.6 is 11.6 Å². The number of β-amino-alcohol motifs (C(OH)–C–C–N with tert-alkyl or cyclic N) is 1. The summed E-state index contributed by atoms with van der Waals surface area (Å²) in [6.45, 7) is 4.68. The third kappa shape index (κ3) is 5.50. The van der Waals surface area contributed by atoms with E-state index in [1.165, 1.54) is 18.2 Å². The van der Waals surface area contributed by atoms with Crippen molar-refractivity contribution in [3.8, 4) is 0 Å². The van der Waals surface area contributed by atoms with Crippen LogP contribution in [-0.4, -0.2) is 83.5 Å². The number of nitrogens with zero attached hydrogens (tertiary/aromatic N) is 3. The van der Waals surface area contributed by atoms with Crippen LogP contribution in [0.2, 0.25) is 5.02 Å². The zero-order chi connectivity index (χ0) is 22.7. The summed E-state index contributed by atoms with van der Waals surface area (Å²) < 4.78 is 13.6. The van der Waals surface area contributed by atoms with Crippen LogP contribution in [0.25, 0.3) is 6.08 Å². The highest BCUT2D eigenvalue weighted by Crippen LogP contribution is 2.53. The predicted molar refractivity (Wildman–Crippen MR) is 122 cm³/mol. The molecule has 2 aliphatic heterocycles. The number of rotatable bonds is 6. The highest BCUT2D eigenvalue weighted by atomic mass is 35.5. The molecule has 0 bridgehead atoms. The fraction of sp³-hybridized carbons (Fsp3) is 0.583. The first-order chi connectivity index (χ1) is 15.4. The van der Waals surface area contributed by atoms with E-state index in [-0.39, 0.29) is 28.4 Å². The zero-order valence-corrected chi connectivity index (χ0v) is 19.1. The first-order valence-corrected chi connectivity index (χ1v) is 11.8. The van der Waals surface area contributed by atoms with Gasteiger partial charge in [0.05, 0.1) is 11.1 Å². The van der Waals surface area contributed by atoms with Crippen LogP contribution in [0.5, 0.6) is 0 Å². The Balaban J connectivity index is 1.22. The van der Waals surface area contributed by atoms with Crippen molar-refractivity contribution in [2.45, 2.75) is 38.2 Å². The maximum absolute atomic E-state index is 13.6. The van der Waals surface area contributed by atoms with E-state index < -0.39 is 5.82 Å². The van der Waals surface area contributed by atoms with Crippen molar-refractivity contribution in [3.05, 3.63) is 40.7 Å². The summed E-state index contributed by atoms with van der Waals surface area (Å²) in [6.07, 6.45) is 7.32. The molecule has 1 aromatic rings. The van der Waals surface area contributed by atoms with Gasteiger partial charge in [-0.1, -0.05) is 17.7 Å². The van der Waals surface area contributed by atoms with Crippen molar-refractivity contribution >= 4 is 29.5 Å². The molecule has 1 saturated carbocycles. The lowest BCUT2D eigenvalue weighted by molar-refractivity contribution is -0.130. The number of aliphatic hydroxyl groups excluding tert-OH is 1. The third-order valence-electron chi connectivity index (χ3n) is 7.12. The summed E-state index contributed by atoms with van der Waals surface area (Å²) in [4.78, 5) is 30.9. The van der Waals surface area contributed by atoms with Gasteiger partial charge >= 0.3 is 0 Å². The molecule has 2 amide bonds. The summed E-state index contributed by atoms with van der Waals surface area (Å²) in [7, 11) is 0. The molecule has 0 radical (unpaired) electrons. The molecule has 2 saturated heterocycles. The van der Waals surface area contributed by atoms with Gasteiger partial charge < -0.3 is 19.8 Å². The molecule has 1 unspecified atom stereocenters. The highest BCUT2D eigenvalue weighted by Gasteiger charge is 2.51. The number of halogens is 2. The van der Waals surface area contributed by atoms with Crippen LogP contribution in [0.3, 0.4) is 0 Å². The molecule has 6 nitrogen and oxygen atoms in total. The summed E-state index contributed by atoms with van der Waals surface area (Å²) in [5.74, 6) is -0.644. The maximum atomic E-state index is 13.6. The van der Waals surface area contributed by atoms with Crippen molar-refractivity contribution in [3.63, 3.8) is 0 Å². The molecule has 4 rings (SSSR count). The summed E-state index contributed by atoms with van der Waals surface area (Å²) in [5, 5.41) is 10.4. The van der Waals surface area contributed by atoms with Crippen molar-refractivity contribution in [2.24, 2.45) is 5.41 Å². The number of carbonyl (C=O) groups is 2. The number of amides is 2. The van der Waals surface area contributed by atoms with Gasteiger partial charge in [-0.15, -0.1) is 0 Å². The average Bonchev–Trinajstić information content (AvgIpc) is 3.58. The minimum Gasteiger partial charge on any atom is -0.391 e. The van der Waals surface area contributed by atoms with E-state index in [0.29, 0.717) is 38.2 Å². The minimum atomic E-state index is -0.525. The maximum Gasteiger partial charge on any atom is 0.246 e. The van der Waals surface area contributed by atoms with E-state index in [1.807, 2.05) is 4.90 Å². The van der Waals surface area contributed by atoms with Crippen molar-refractivity contribution < 1.29 is 19.1 Å². The molecule has 1 aliphatic carbocycles. The van der Waals surface area contributed by atoms with E-state index in [0.717, 1.165) is 45.3 Å². The average molecular weight is 464 g/mol. The molecular formula is C24H31ClFN3O3. The second-order valence-corrected chi connectivity index (χ2v) is 9.65. The summed E-state index contributed by atoms with van der Waals surface area (Å²) in [5.41, 5.74) is 0.770. The number of hydrogen-bond donors (Lipinski definition) is 1. The van der Waals surface area contributed by atoms with Crippen molar-refractivity contribution in [1.29, 1.82) is 0 Å². The smallest absolute Gasteiger partial charge is 0.246 e. The van der Waals surface area contributed by atoms with E-state index in [1.54, 1.807) is 17.0 Å². The molecule has 2 heterocycles. The first-order valence-electron chi connectivity index (χ1n) is 11.5. The van der Waals surface area contributed by atoms with E-state index in [4.69, 9.17) is 11.6 Å². The second-order valence-electron chi connectivity index (χ2n) is 9.25. The van der Waals surface area contributed by atoms with Crippen LogP contribution in [0, 0.1) is 11.2 Å². The Hall–Kier alpha value is -1.96. The molecule has 1 atom stereocenters. The molecule has 174 valence electrons. The molecule has 1 N–H and O–H groups in total.